The van der Waals surface area contributed by atoms with E-state index in [1.807, 2.05) is 17.7 Å². The summed E-state index contributed by atoms with van der Waals surface area (Å²) in [4.78, 5) is 15.3. The van der Waals surface area contributed by atoms with E-state index in [4.69, 9.17) is 11.5 Å². The molecule has 0 spiro atoms. The topological polar surface area (TPSA) is 84.4 Å². The first-order valence-corrected chi connectivity index (χ1v) is 23.2. The average molecular weight is 829 g/mol. The zero-order valence-corrected chi connectivity index (χ0v) is 38.3. The summed E-state index contributed by atoms with van der Waals surface area (Å²) in [6, 6.07) is 0.375. The van der Waals surface area contributed by atoms with Crippen molar-refractivity contribution in [1.82, 2.24) is 10.2 Å². The number of carbonyl (C=O) groups is 1. The highest BCUT2D eigenvalue weighted by molar-refractivity contribution is 8.76. The van der Waals surface area contributed by atoms with E-state index in [0.29, 0.717) is 28.4 Å². The molecule has 4 aliphatic carbocycles. The molecule has 0 aromatic heterocycles. The molecule has 0 heterocycles. The molecule has 52 heavy (non-hydrogen) atoms. The van der Waals surface area contributed by atoms with Crippen LogP contribution in [0.25, 0.3) is 0 Å². The van der Waals surface area contributed by atoms with E-state index in [9.17, 15) is 4.79 Å². The Morgan fingerprint density at radius 1 is 0.865 bits per heavy atom. The molecule has 2 unspecified atom stereocenters. The summed E-state index contributed by atoms with van der Waals surface area (Å²) < 4.78 is 0. The van der Waals surface area contributed by atoms with Gasteiger partial charge in [-0.05, 0) is 150 Å². The Morgan fingerprint density at radius 3 is 2.29 bits per heavy atom. The predicted molar refractivity (Wildman–Crippen MR) is 238 cm³/mol. The Morgan fingerprint density at radius 2 is 1.60 bits per heavy atom. The van der Waals surface area contributed by atoms with Gasteiger partial charge in [0.15, 0.2) is 0 Å². The van der Waals surface area contributed by atoms with Crippen LogP contribution in [0.5, 0.6) is 0 Å². The van der Waals surface area contributed by atoms with Crippen molar-refractivity contribution in [3.63, 3.8) is 0 Å². The molecular weight excluding hydrogens is 747 g/mol. The van der Waals surface area contributed by atoms with Crippen molar-refractivity contribution in [1.29, 1.82) is 0 Å². The zero-order chi connectivity index (χ0) is 35.6. The molecule has 0 aromatic carbocycles. The number of fused-ring (bicyclic) bond motifs is 5. The van der Waals surface area contributed by atoms with Crippen molar-refractivity contribution < 1.29 is 4.79 Å². The molecular formula is C42H81Cl3N4OS2. The van der Waals surface area contributed by atoms with Crippen LogP contribution in [0.15, 0.2) is 11.6 Å². The fourth-order valence-electron chi connectivity index (χ4n) is 10.9. The average Bonchev–Trinajstić information content (AvgIpc) is 3.40. The molecule has 5 N–H and O–H groups in total. The fraction of sp³-hybridized carbons (Fsp3) is 0.929. The Hall–Kier alpha value is 0.660. The smallest absolute Gasteiger partial charge is 0.223 e. The van der Waals surface area contributed by atoms with Gasteiger partial charge in [-0.25, -0.2) is 0 Å². The van der Waals surface area contributed by atoms with E-state index in [1.54, 1.807) is 5.57 Å². The largest absolute Gasteiger partial charge is 0.343 e. The molecule has 0 bridgehead atoms. The lowest BCUT2D eigenvalue weighted by Crippen LogP contribution is -2.50. The van der Waals surface area contributed by atoms with Gasteiger partial charge in [0.25, 0.3) is 0 Å². The van der Waals surface area contributed by atoms with E-state index in [2.05, 4.69) is 68.6 Å². The van der Waals surface area contributed by atoms with Gasteiger partial charge in [0.2, 0.25) is 5.91 Å². The van der Waals surface area contributed by atoms with Crippen LogP contribution in [-0.4, -0.2) is 60.1 Å². The molecule has 308 valence electrons. The first kappa shape index (κ1) is 50.7. The summed E-state index contributed by atoms with van der Waals surface area (Å²) in [7, 11) is 4.03. The Bertz CT molecular complexity index is 1050. The third-order valence-electron chi connectivity index (χ3n) is 13.9. The maximum absolute atomic E-state index is 13.3. The number of nitrogens with zero attached hydrogens (tertiary/aromatic N) is 1. The Balaban J connectivity index is 0.00000451. The highest BCUT2D eigenvalue weighted by Gasteiger charge is 2.59. The lowest BCUT2D eigenvalue weighted by molar-refractivity contribution is -0.130. The number of nitrogens with one attached hydrogen (secondary N) is 1. The zero-order valence-electron chi connectivity index (χ0n) is 34.2. The first-order valence-electron chi connectivity index (χ1n) is 20.8. The number of rotatable bonds is 21. The van der Waals surface area contributed by atoms with Gasteiger partial charge in [-0.2, -0.15) is 0 Å². The van der Waals surface area contributed by atoms with Crippen molar-refractivity contribution >= 4 is 64.7 Å². The quantitative estimate of drug-likeness (QED) is 0.0607. The summed E-state index contributed by atoms with van der Waals surface area (Å²) in [5.41, 5.74) is 14.7. The standard InChI is InChI=1S/C42H78N4OS2.3ClH/c1-30(2)11-10-12-31(3)37-15-16-38-36-14-13-34-29-35(17-22-41(34,6)39(36)18-23-42(37,38)7)49-48-28-21-40(47)46(27-20-33(5)44)26-9-8-24-45-25-19-32(4)43;;;/h13,30-33,35-39,45H,8-12,14-29,43-44H2,1-7H3;3*1H/t31-,32?,33?,35+,36+,37-,38+,39+,41+,42-;;;/m1.../s1. The fourth-order valence-corrected chi connectivity index (χ4v) is 13.5. The van der Waals surface area contributed by atoms with Gasteiger partial charge in [-0.15, -0.1) is 37.2 Å². The lowest BCUT2D eigenvalue weighted by atomic mass is 9.47. The van der Waals surface area contributed by atoms with E-state index in [-0.39, 0.29) is 49.3 Å². The number of hydrogen-bond acceptors (Lipinski definition) is 6. The molecule has 0 aromatic rings. The number of carbonyl (C=O) groups excluding carboxylic acids is 1. The van der Waals surface area contributed by atoms with Crippen LogP contribution in [0.3, 0.4) is 0 Å². The summed E-state index contributed by atoms with van der Waals surface area (Å²) in [6.07, 6.45) is 22.8. The lowest BCUT2D eigenvalue weighted by Gasteiger charge is -2.58. The number of unbranched alkanes of at least 4 members (excludes halogenated alkanes) is 1. The van der Waals surface area contributed by atoms with Crippen LogP contribution < -0.4 is 16.8 Å². The van der Waals surface area contributed by atoms with Gasteiger partial charge in [-0.3, -0.25) is 4.79 Å². The van der Waals surface area contributed by atoms with Crippen LogP contribution in [-0.2, 0) is 4.79 Å². The second kappa shape index (κ2) is 24.4. The second-order valence-corrected chi connectivity index (χ2v) is 21.0. The first-order chi connectivity index (χ1) is 23.3. The maximum atomic E-state index is 13.3. The molecule has 0 aliphatic heterocycles. The van der Waals surface area contributed by atoms with Crippen molar-refractivity contribution in [2.45, 2.75) is 169 Å². The van der Waals surface area contributed by atoms with Crippen molar-refractivity contribution in [2.24, 2.45) is 57.8 Å². The normalized spacial score (nSPS) is 31.0. The van der Waals surface area contributed by atoms with Crippen molar-refractivity contribution in [3.05, 3.63) is 11.6 Å². The van der Waals surface area contributed by atoms with E-state index < -0.39 is 0 Å². The molecule has 0 saturated heterocycles. The molecule has 3 saturated carbocycles. The summed E-state index contributed by atoms with van der Waals surface area (Å²) in [5, 5.41) is 4.18. The van der Waals surface area contributed by atoms with Gasteiger partial charge in [-0.1, -0.05) is 87.1 Å². The van der Waals surface area contributed by atoms with E-state index >= 15 is 0 Å². The van der Waals surface area contributed by atoms with Crippen molar-refractivity contribution in [2.75, 3.05) is 31.9 Å². The Kier molecular flexibility index (Phi) is 23.8. The molecule has 4 aliphatic rings. The monoisotopic (exact) mass is 826 g/mol. The molecule has 10 heteroatoms. The number of halogens is 3. The van der Waals surface area contributed by atoms with Gasteiger partial charge in [0.05, 0.1) is 0 Å². The van der Waals surface area contributed by atoms with Crippen molar-refractivity contribution in [3.8, 4) is 0 Å². The molecule has 4 rings (SSSR count). The minimum atomic E-state index is 0. The minimum Gasteiger partial charge on any atom is -0.343 e. The van der Waals surface area contributed by atoms with E-state index in [0.717, 1.165) is 93.1 Å². The summed E-state index contributed by atoms with van der Waals surface area (Å²) in [6.45, 7) is 20.4. The third-order valence-corrected chi connectivity index (χ3v) is 16.8. The summed E-state index contributed by atoms with van der Waals surface area (Å²) in [5.74, 6) is 6.62. The van der Waals surface area contributed by atoms with Gasteiger partial charge in [0.1, 0.15) is 0 Å². The Labute approximate surface area is 347 Å². The highest BCUT2D eigenvalue weighted by Crippen LogP contribution is 2.67. The van der Waals surface area contributed by atoms with Crippen LogP contribution in [0.1, 0.15) is 151 Å². The molecule has 10 atom stereocenters. The van der Waals surface area contributed by atoms with E-state index in [1.165, 1.54) is 70.6 Å². The predicted octanol–water partition coefficient (Wildman–Crippen LogP) is 11.1. The molecule has 1 amide bonds. The molecule has 0 radical (unpaired) electrons. The maximum Gasteiger partial charge on any atom is 0.223 e. The SMILES string of the molecule is CC(C)CCC[C@@H](C)[C@H]1CC[C@H]2[C@@H]3CC=C4C[C@@H](SSCCC(=O)N(CCCCNCCC(C)N)CCC(C)N)CC[C@]4(C)[C@H]3CC[C@]12C.Cl.Cl.Cl. The van der Waals surface area contributed by atoms with Crippen LogP contribution in [0, 0.1) is 46.3 Å². The third kappa shape index (κ3) is 13.9. The number of hydrogen-bond donors (Lipinski definition) is 3. The van der Waals surface area contributed by atoms with Crippen LogP contribution in [0.2, 0.25) is 0 Å². The van der Waals surface area contributed by atoms with Crippen LogP contribution >= 0.6 is 58.8 Å². The number of nitrogens with two attached hydrogens (primary N) is 2. The van der Waals surface area contributed by atoms with Gasteiger partial charge in [0, 0.05) is 42.6 Å². The second-order valence-electron chi connectivity index (χ2n) is 18.2. The molecule has 3 fully saturated rings. The summed E-state index contributed by atoms with van der Waals surface area (Å²) >= 11 is 0. The minimum absolute atomic E-state index is 0. The highest BCUT2D eigenvalue weighted by atomic mass is 35.5. The van der Waals surface area contributed by atoms with Gasteiger partial charge >= 0.3 is 0 Å². The van der Waals surface area contributed by atoms with Gasteiger partial charge < -0.3 is 21.7 Å². The molecule has 5 nitrogen and oxygen atoms in total. The van der Waals surface area contributed by atoms with Crippen LogP contribution in [0.4, 0.5) is 0 Å². The number of allylic oxidation sites excluding steroid dienone is 2. The number of amides is 1.